The van der Waals surface area contributed by atoms with E-state index >= 15 is 0 Å². The van der Waals surface area contributed by atoms with Crippen molar-refractivity contribution in [3.05, 3.63) is 40.2 Å². The molecule has 0 amide bonds. The third-order valence-corrected chi connectivity index (χ3v) is 5.94. The number of aryl methyl sites for hydroxylation is 2. The normalized spacial score (nSPS) is 16.0. The van der Waals surface area contributed by atoms with Crippen molar-refractivity contribution < 1.29 is 4.42 Å². The molecule has 0 radical (unpaired) electrons. The first kappa shape index (κ1) is 23.2. The van der Waals surface area contributed by atoms with Crippen molar-refractivity contribution in [2.45, 2.75) is 45.1 Å². The van der Waals surface area contributed by atoms with Gasteiger partial charge in [0.1, 0.15) is 5.76 Å². The summed E-state index contributed by atoms with van der Waals surface area (Å²) in [4.78, 5) is 11.4. The Morgan fingerprint density at radius 1 is 1.32 bits per heavy atom. The number of nitrogens with one attached hydrogen (secondary N) is 2. The SMILES string of the molecule is CN=C(NCCCCc1nc(C)cs1)NCC(c1ccco1)N1CCCC1.I. The summed E-state index contributed by atoms with van der Waals surface area (Å²) in [6.07, 6.45) is 7.59. The quantitative estimate of drug-likeness (QED) is 0.228. The van der Waals surface area contributed by atoms with Gasteiger partial charge in [0.05, 0.1) is 17.3 Å². The van der Waals surface area contributed by atoms with Crippen molar-refractivity contribution in [1.82, 2.24) is 20.5 Å². The van der Waals surface area contributed by atoms with Crippen LogP contribution in [0, 0.1) is 6.92 Å². The summed E-state index contributed by atoms with van der Waals surface area (Å²) in [5, 5.41) is 10.3. The molecule has 0 bridgehead atoms. The van der Waals surface area contributed by atoms with Gasteiger partial charge in [-0.3, -0.25) is 9.89 Å². The Labute approximate surface area is 189 Å². The smallest absolute Gasteiger partial charge is 0.191 e. The van der Waals surface area contributed by atoms with Crippen LogP contribution >= 0.6 is 35.3 Å². The van der Waals surface area contributed by atoms with E-state index in [0.29, 0.717) is 0 Å². The molecule has 1 saturated heterocycles. The number of likely N-dealkylation sites (tertiary alicyclic amines) is 1. The summed E-state index contributed by atoms with van der Waals surface area (Å²) in [7, 11) is 1.82. The van der Waals surface area contributed by atoms with Crippen LogP contribution in [0.1, 0.15) is 48.2 Å². The first-order valence-corrected chi connectivity index (χ1v) is 10.8. The number of nitrogens with zero attached hydrogens (tertiary/aromatic N) is 3. The van der Waals surface area contributed by atoms with Gasteiger partial charge in [-0.15, -0.1) is 35.3 Å². The number of unbranched alkanes of at least 4 members (excludes halogenated alkanes) is 1. The first-order chi connectivity index (χ1) is 13.3. The molecule has 3 rings (SSSR count). The summed E-state index contributed by atoms with van der Waals surface area (Å²) >= 11 is 1.76. The highest BCUT2D eigenvalue weighted by molar-refractivity contribution is 14.0. The Bertz CT molecular complexity index is 697. The van der Waals surface area contributed by atoms with E-state index in [1.807, 2.05) is 13.1 Å². The van der Waals surface area contributed by atoms with E-state index in [4.69, 9.17) is 4.42 Å². The second-order valence-electron chi connectivity index (χ2n) is 6.99. The van der Waals surface area contributed by atoms with E-state index in [2.05, 4.69) is 43.9 Å². The summed E-state index contributed by atoms with van der Waals surface area (Å²) in [6, 6.07) is 4.30. The molecular weight excluding hydrogens is 485 g/mol. The van der Waals surface area contributed by atoms with Gasteiger partial charge in [-0.25, -0.2) is 4.98 Å². The van der Waals surface area contributed by atoms with Crippen LogP contribution in [0.4, 0.5) is 0 Å². The van der Waals surface area contributed by atoms with Crippen LogP contribution in [0.3, 0.4) is 0 Å². The lowest BCUT2D eigenvalue weighted by molar-refractivity contribution is 0.215. The maximum absolute atomic E-state index is 5.68. The topological polar surface area (TPSA) is 65.7 Å². The van der Waals surface area contributed by atoms with Crippen LogP contribution in [-0.4, -0.2) is 49.1 Å². The Balaban J connectivity index is 0.00000280. The Morgan fingerprint density at radius 2 is 2.14 bits per heavy atom. The summed E-state index contributed by atoms with van der Waals surface area (Å²) in [5.74, 6) is 1.88. The van der Waals surface area contributed by atoms with Crippen molar-refractivity contribution in [3.8, 4) is 0 Å². The number of hydrogen-bond acceptors (Lipinski definition) is 5. The molecule has 1 aliphatic heterocycles. The van der Waals surface area contributed by atoms with E-state index in [-0.39, 0.29) is 30.0 Å². The number of furan rings is 1. The van der Waals surface area contributed by atoms with Crippen LogP contribution in [0.25, 0.3) is 0 Å². The lowest BCUT2D eigenvalue weighted by atomic mass is 10.2. The monoisotopic (exact) mass is 517 g/mol. The number of thiazole rings is 1. The predicted molar refractivity (Wildman–Crippen MR) is 127 cm³/mol. The molecule has 2 aromatic heterocycles. The van der Waals surface area contributed by atoms with Crippen LogP contribution in [0.15, 0.2) is 33.2 Å². The molecule has 1 aliphatic rings. The molecule has 0 spiro atoms. The zero-order valence-electron chi connectivity index (χ0n) is 16.8. The average molecular weight is 517 g/mol. The van der Waals surface area contributed by atoms with Gasteiger partial charge in [-0.2, -0.15) is 0 Å². The fourth-order valence-corrected chi connectivity index (χ4v) is 4.30. The second kappa shape index (κ2) is 12.4. The van der Waals surface area contributed by atoms with Crippen molar-refractivity contribution >= 4 is 41.3 Å². The van der Waals surface area contributed by atoms with Crippen molar-refractivity contribution in [3.63, 3.8) is 0 Å². The van der Waals surface area contributed by atoms with Gasteiger partial charge in [0.25, 0.3) is 0 Å². The molecule has 2 aromatic rings. The average Bonchev–Trinajstić information content (AvgIpc) is 3.43. The number of guanidine groups is 1. The fourth-order valence-electron chi connectivity index (χ4n) is 3.48. The van der Waals surface area contributed by atoms with E-state index in [0.717, 1.165) is 62.9 Å². The lowest BCUT2D eigenvalue weighted by Crippen LogP contribution is -2.42. The van der Waals surface area contributed by atoms with E-state index in [1.165, 1.54) is 17.8 Å². The molecular formula is C20H32IN5OS. The van der Waals surface area contributed by atoms with Gasteiger partial charge in [0.15, 0.2) is 5.96 Å². The summed E-state index contributed by atoms with van der Waals surface area (Å²) in [5.41, 5.74) is 1.13. The van der Waals surface area contributed by atoms with Gasteiger partial charge >= 0.3 is 0 Å². The molecule has 0 saturated carbocycles. The van der Waals surface area contributed by atoms with Crippen molar-refractivity contribution in [1.29, 1.82) is 0 Å². The standard InChI is InChI=1S/C20H31N5OS.HI/c1-16-15-27-19(24-16)9-3-4-10-22-20(21-2)23-14-17(18-8-7-13-26-18)25-11-5-6-12-25;/h7-8,13,15,17H,3-6,9-12,14H2,1-2H3,(H2,21,22,23);1H. The highest BCUT2D eigenvalue weighted by Gasteiger charge is 2.25. The molecule has 0 aliphatic carbocycles. The first-order valence-electron chi connectivity index (χ1n) is 9.89. The highest BCUT2D eigenvalue weighted by Crippen LogP contribution is 2.24. The van der Waals surface area contributed by atoms with Gasteiger partial charge in [0, 0.05) is 31.2 Å². The third-order valence-electron chi connectivity index (χ3n) is 4.92. The number of halogens is 1. The third kappa shape index (κ3) is 7.04. The van der Waals surface area contributed by atoms with Gasteiger partial charge in [0.2, 0.25) is 0 Å². The second-order valence-corrected chi connectivity index (χ2v) is 7.94. The minimum atomic E-state index is 0. The van der Waals surface area contributed by atoms with Crippen molar-refractivity contribution in [2.24, 2.45) is 4.99 Å². The lowest BCUT2D eigenvalue weighted by Gasteiger charge is -2.26. The highest BCUT2D eigenvalue weighted by atomic mass is 127. The largest absolute Gasteiger partial charge is 0.468 e. The Hall–Kier alpha value is -1.13. The Morgan fingerprint density at radius 3 is 2.79 bits per heavy atom. The maximum Gasteiger partial charge on any atom is 0.191 e. The van der Waals surface area contributed by atoms with Crippen LogP contribution in [-0.2, 0) is 6.42 Å². The number of aliphatic imine (C=N–C) groups is 1. The number of hydrogen-bond donors (Lipinski definition) is 2. The number of rotatable bonds is 9. The van der Waals surface area contributed by atoms with E-state index < -0.39 is 0 Å². The molecule has 2 N–H and O–H groups in total. The fraction of sp³-hybridized carbons (Fsp3) is 0.600. The molecule has 6 nitrogen and oxygen atoms in total. The predicted octanol–water partition coefficient (Wildman–Crippen LogP) is 3.99. The summed E-state index contributed by atoms with van der Waals surface area (Å²) in [6.45, 7) is 6.03. The van der Waals surface area contributed by atoms with Gasteiger partial charge in [-0.05, 0) is 64.3 Å². The van der Waals surface area contributed by atoms with E-state index in [9.17, 15) is 0 Å². The van der Waals surface area contributed by atoms with Crippen LogP contribution in [0.5, 0.6) is 0 Å². The molecule has 1 unspecified atom stereocenters. The van der Waals surface area contributed by atoms with Gasteiger partial charge in [-0.1, -0.05) is 0 Å². The maximum atomic E-state index is 5.68. The molecule has 8 heteroatoms. The van der Waals surface area contributed by atoms with E-state index in [1.54, 1.807) is 17.6 Å². The van der Waals surface area contributed by atoms with Crippen LogP contribution in [0.2, 0.25) is 0 Å². The minimum Gasteiger partial charge on any atom is -0.468 e. The number of aromatic nitrogens is 1. The van der Waals surface area contributed by atoms with Crippen molar-refractivity contribution in [2.75, 3.05) is 33.2 Å². The zero-order valence-corrected chi connectivity index (χ0v) is 20.0. The minimum absolute atomic E-state index is 0. The zero-order chi connectivity index (χ0) is 18.9. The van der Waals surface area contributed by atoms with Gasteiger partial charge < -0.3 is 15.1 Å². The molecule has 3 heterocycles. The van der Waals surface area contributed by atoms with Crippen LogP contribution < -0.4 is 10.6 Å². The molecule has 28 heavy (non-hydrogen) atoms. The molecule has 156 valence electrons. The molecule has 1 fully saturated rings. The molecule has 0 aromatic carbocycles. The molecule has 1 atom stereocenters. The Kier molecular flexibility index (Phi) is 10.3. The summed E-state index contributed by atoms with van der Waals surface area (Å²) < 4.78 is 5.68.